The van der Waals surface area contributed by atoms with Crippen molar-refractivity contribution in [2.75, 3.05) is 6.61 Å². The Labute approximate surface area is 69.9 Å². The number of aliphatic hydroxyl groups is 1. The molecular formula is C5H9Cl3O. The highest BCUT2D eigenvalue weighted by molar-refractivity contribution is 6.48. The van der Waals surface area contributed by atoms with Crippen molar-refractivity contribution in [2.45, 2.75) is 23.1 Å². The van der Waals surface area contributed by atoms with Crippen LogP contribution in [0.2, 0.25) is 0 Å². The Balaban J connectivity index is 3.47. The number of alkyl halides is 3. The highest BCUT2D eigenvalue weighted by Gasteiger charge is 2.20. The molecule has 4 heteroatoms. The van der Waals surface area contributed by atoms with E-state index in [1.165, 1.54) is 0 Å². The van der Waals surface area contributed by atoms with Crippen LogP contribution >= 0.6 is 34.8 Å². The highest BCUT2D eigenvalue weighted by Crippen LogP contribution is 2.27. The molecule has 0 aliphatic carbocycles. The molecule has 0 aliphatic rings. The van der Waals surface area contributed by atoms with Crippen molar-refractivity contribution in [2.24, 2.45) is 0 Å². The minimum absolute atomic E-state index is 0.0867. The molecule has 0 bridgehead atoms. The van der Waals surface area contributed by atoms with Crippen molar-refractivity contribution in [1.29, 1.82) is 0 Å². The number of aliphatic hydroxyl groups excluding tert-OH is 1. The topological polar surface area (TPSA) is 20.2 Å². The minimum Gasteiger partial charge on any atom is -0.395 e. The molecule has 0 rings (SSSR count). The first-order valence-corrected chi connectivity index (χ1v) is 3.77. The first kappa shape index (κ1) is 9.83. The summed E-state index contributed by atoms with van der Waals surface area (Å²) < 4.78 is -0.824. The van der Waals surface area contributed by atoms with Gasteiger partial charge in [-0.1, -0.05) is 0 Å². The normalized spacial score (nSPS) is 15.7. The Kier molecular flexibility index (Phi) is 4.22. The first-order valence-electron chi connectivity index (χ1n) is 2.58. The molecule has 0 radical (unpaired) electrons. The maximum atomic E-state index is 8.45. The molecule has 0 spiro atoms. The van der Waals surface area contributed by atoms with Crippen LogP contribution in [0.5, 0.6) is 0 Å². The Morgan fingerprint density at radius 3 is 2.11 bits per heavy atom. The molecule has 0 aliphatic heterocycles. The van der Waals surface area contributed by atoms with Gasteiger partial charge in [-0.25, -0.2) is 0 Å². The van der Waals surface area contributed by atoms with Gasteiger partial charge in [0.1, 0.15) is 4.33 Å². The minimum atomic E-state index is -0.824. The summed E-state index contributed by atoms with van der Waals surface area (Å²) in [6.45, 7) is 1.55. The molecule has 0 aromatic rings. The van der Waals surface area contributed by atoms with Crippen molar-refractivity contribution in [1.82, 2.24) is 0 Å². The lowest BCUT2D eigenvalue weighted by Crippen LogP contribution is -2.16. The first-order chi connectivity index (χ1) is 3.95. The van der Waals surface area contributed by atoms with Gasteiger partial charge >= 0.3 is 0 Å². The molecule has 0 fully saturated rings. The molecule has 0 saturated heterocycles. The second-order valence-corrected chi connectivity index (χ2v) is 4.53. The number of hydrogen-bond acceptors (Lipinski definition) is 1. The van der Waals surface area contributed by atoms with Gasteiger partial charge in [0.2, 0.25) is 0 Å². The highest BCUT2D eigenvalue weighted by atomic mass is 35.5. The van der Waals surface area contributed by atoms with E-state index in [0.717, 1.165) is 0 Å². The van der Waals surface area contributed by atoms with Gasteiger partial charge in [-0.15, -0.1) is 34.8 Å². The van der Waals surface area contributed by atoms with E-state index in [1.807, 2.05) is 0 Å². The molecule has 1 nitrogen and oxygen atoms in total. The second-order valence-electron chi connectivity index (χ2n) is 2.05. The van der Waals surface area contributed by atoms with Gasteiger partial charge in [0.25, 0.3) is 0 Å². The summed E-state index contributed by atoms with van der Waals surface area (Å²) in [6.07, 6.45) is 0.397. The van der Waals surface area contributed by atoms with Crippen LogP contribution in [-0.2, 0) is 0 Å². The zero-order valence-electron chi connectivity index (χ0n) is 5.07. The molecule has 0 saturated carbocycles. The largest absolute Gasteiger partial charge is 0.395 e. The average molecular weight is 191 g/mol. The third-order valence-electron chi connectivity index (χ3n) is 0.778. The summed E-state index contributed by atoms with van der Waals surface area (Å²) in [4.78, 5) is 0. The van der Waals surface area contributed by atoms with Gasteiger partial charge in [0.15, 0.2) is 0 Å². The Morgan fingerprint density at radius 2 is 2.00 bits per heavy atom. The summed E-state index contributed by atoms with van der Waals surface area (Å²) in [5.41, 5.74) is 0. The second kappa shape index (κ2) is 3.87. The van der Waals surface area contributed by atoms with E-state index >= 15 is 0 Å². The van der Waals surface area contributed by atoms with Gasteiger partial charge in [-0.05, 0) is 13.3 Å². The molecule has 0 amide bonds. The van der Waals surface area contributed by atoms with Crippen LogP contribution in [0.25, 0.3) is 0 Å². The lowest BCUT2D eigenvalue weighted by atomic mass is 10.2. The van der Waals surface area contributed by atoms with Crippen molar-refractivity contribution in [3.8, 4) is 0 Å². The predicted octanol–water partition coefficient (Wildman–Crippen LogP) is 2.17. The lowest BCUT2D eigenvalue weighted by molar-refractivity contribution is 0.286. The van der Waals surface area contributed by atoms with Gasteiger partial charge in [0.05, 0.1) is 12.0 Å². The zero-order valence-corrected chi connectivity index (χ0v) is 7.34. The smallest absolute Gasteiger partial charge is 0.117 e. The zero-order chi connectivity index (χ0) is 7.49. The fourth-order valence-corrected chi connectivity index (χ4v) is 1.29. The van der Waals surface area contributed by atoms with Crippen LogP contribution in [0.3, 0.4) is 0 Å². The van der Waals surface area contributed by atoms with Gasteiger partial charge in [0, 0.05) is 0 Å². The van der Waals surface area contributed by atoms with E-state index in [0.29, 0.717) is 6.42 Å². The third-order valence-corrected chi connectivity index (χ3v) is 1.38. The standard InChI is InChI=1S/C5H9Cl3O/c1-5(7,8)2-4(6)3-9/h4,9H,2-3H2,1H3. The molecule has 56 valence electrons. The van der Waals surface area contributed by atoms with Crippen LogP contribution in [0, 0.1) is 0 Å². The Bertz CT molecular complexity index is 78.8. The van der Waals surface area contributed by atoms with E-state index in [4.69, 9.17) is 39.9 Å². The van der Waals surface area contributed by atoms with Crippen molar-refractivity contribution in [3.63, 3.8) is 0 Å². The molecule has 1 atom stereocenters. The van der Waals surface area contributed by atoms with E-state index in [1.54, 1.807) is 6.92 Å². The molecule has 1 N–H and O–H groups in total. The summed E-state index contributed by atoms with van der Waals surface area (Å²) >= 11 is 16.7. The van der Waals surface area contributed by atoms with Gasteiger partial charge in [-0.2, -0.15) is 0 Å². The van der Waals surface area contributed by atoms with Gasteiger partial charge < -0.3 is 5.11 Å². The molecule has 0 heterocycles. The molecule has 0 aromatic carbocycles. The van der Waals surface area contributed by atoms with E-state index in [-0.39, 0.29) is 12.0 Å². The van der Waals surface area contributed by atoms with Crippen LogP contribution in [0.1, 0.15) is 13.3 Å². The summed E-state index contributed by atoms with van der Waals surface area (Å²) in [6, 6.07) is 0. The Hall–Kier alpha value is 0.830. The number of rotatable bonds is 3. The van der Waals surface area contributed by atoms with Crippen LogP contribution in [0.15, 0.2) is 0 Å². The number of hydrogen-bond donors (Lipinski definition) is 1. The fourth-order valence-electron chi connectivity index (χ4n) is 0.453. The van der Waals surface area contributed by atoms with Crippen molar-refractivity contribution in [3.05, 3.63) is 0 Å². The fraction of sp³-hybridized carbons (Fsp3) is 1.00. The lowest BCUT2D eigenvalue weighted by Gasteiger charge is -2.14. The van der Waals surface area contributed by atoms with Crippen LogP contribution in [0.4, 0.5) is 0 Å². The van der Waals surface area contributed by atoms with E-state index in [2.05, 4.69) is 0 Å². The number of halogens is 3. The molecular weight excluding hydrogens is 182 g/mol. The van der Waals surface area contributed by atoms with Crippen LogP contribution in [-0.4, -0.2) is 21.4 Å². The quantitative estimate of drug-likeness (QED) is 0.678. The van der Waals surface area contributed by atoms with Gasteiger partial charge in [-0.3, -0.25) is 0 Å². The Morgan fingerprint density at radius 1 is 1.56 bits per heavy atom. The van der Waals surface area contributed by atoms with Crippen molar-refractivity contribution >= 4 is 34.8 Å². The summed E-state index contributed by atoms with van der Waals surface area (Å²) in [7, 11) is 0. The molecule has 0 aromatic heterocycles. The molecule has 1 unspecified atom stereocenters. The summed E-state index contributed by atoms with van der Waals surface area (Å²) in [5.74, 6) is 0. The monoisotopic (exact) mass is 190 g/mol. The molecule has 9 heavy (non-hydrogen) atoms. The van der Waals surface area contributed by atoms with E-state index in [9.17, 15) is 0 Å². The van der Waals surface area contributed by atoms with Crippen molar-refractivity contribution < 1.29 is 5.11 Å². The predicted molar refractivity (Wildman–Crippen MR) is 41.5 cm³/mol. The SMILES string of the molecule is CC(Cl)(Cl)CC(Cl)CO. The summed E-state index contributed by atoms with van der Waals surface area (Å²) in [5, 5.41) is 8.11. The maximum Gasteiger partial charge on any atom is 0.117 e. The third kappa shape index (κ3) is 6.72. The van der Waals surface area contributed by atoms with Crippen LogP contribution < -0.4 is 0 Å². The average Bonchev–Trinajstić information content (AvgIpc) is 1.62. The van der Waals surface area contributed by atoms with E-state index < -0.39 is 4.33 Å². The maximum absolute atomic E-state index is 8.45.